The van der Waals surface area contributed by atoms with E-state index >= 15 is 0 Å². The van der Waals surface area contributed by atoms with E-state index in [2.05, 4.69) is 116 Å². The Morgan fingerprint density at radius 1 is 0.882 bits per heavy atom. The molecule has 1 atom stereocenters. The summed E-state index contributed by atoms with van der Waals surface area (Å²) in [4.78, 5) is 8.63. The molecular formula is C30H29N3S. The lowest BCUT2D eigenvalue weighted by Crippen LogP contribution is -2.27. The molecule has 3 aromatic carbocycles. The van der Waals surface area contributed by atoms with Crippen LogP contribution >= 0.6 is 11.3 Å². The first kappa shape index (κ1) is 21.2. The summed E-state index contributed by atoms with van der Waals surface area (Å²) in [5.41, 5.74) is 6.43. The Kier molecular flexibility index (Phi) is 5.07. The number of fused-ring (bicyclic) bond motifs is 4. The fourth-order valence-electron chi connectivity index (χ4n) is 4.95. The van der Waals surface area contributed by atoms with Crippen molar-refractivity contribution < 1.29 is 0 Å². The maximum Gasteiger partial charge on any atom is 0.126 e. The maximum atomic E-state index is 5.02. The van der Waals surface area contributed by atoms with E-state index in [9.17, 15) is 0 Å². The summed E-state index contributed by atoms with van der Waals surface area (Å²) in [6, 6.07) is 30.7. The molecule has 3 nitrogen and oxygen atoms in total. The summed E-state index contributed by atoms with van der Waals surface area (Å²) in [5.74, 6) is 0. The molecule has 0 radical (unpaired) electrons. The van der Waals surface area contributed by atoms with Crippen molar-refractivity contribution in [3.63, 3.8) is 0 Å². The van der Waals surface area contributed by atoms with Crippen molar-refractivity contribution in [1.82, 2.24) is 4.98 Å². The zero-order valence-electron chi connectivity index (χ0n) is 19.9. The molecule has 5 aromatic rings. The van der Waals surface area contributed by atoms with Gasteiger partial charge in [-0.05, 0) is 59.4 Å². The van der Waals surface area contributed by atoms with Crippen molar-refractivity contribution >= 4 is 43.0 Å². The molecule has 1 aliphatic rings. The lowest BCUT2D eigenvalue weighted by molar-refractivity contribution is 0.407. The van der Waals surface area contributed by atoms with Crippen molar-refractivity contribution in [2.24, 2.45) is 5.41 Å². The zero-order chi connectivity index (χ0) is 23.3. The van der Waals surface area contributed by atoms with E-state index in [0.717, 1.165) is 17.8 Å². The van der Waals surface area contributed by atoms with Gasteiger partial charge in [-0.2, -0.15) is 0 Å². The molecule has 1 N–H and O–H groups in total. The molecule has 6 rings (SSSR count). The van der Waals surface area contributed by atoms with Crippen molar-refractivity contribution in [1.29, 1.82) is 0 Å². The minimum atomic E-state index is 0.0880. The smallest absolute Gasteiger partial charge is 0.126 e. The molecule has 1 unspecified atom stereocenters. The molecule has 0 amide bonds. The summed E-state index contributed by atoms with van der Waals surface area (Å²) in [7, 11) is 0. The minimum Gasteiger partial charge on any atom is -0.360 e. The second kappa shape index (κ2) is 8.14. The van der Waals surface area contributed by atoms with Crippen LogP contribution in [0.15, 0.2) is 84.9 Å². The number of nitrogens with zero attached hydrogens (tertiary/aromatic N) is 2. The van der Waals surface area contributed by atoms with Gasteiger partial charge in [-0.3, -0.25) is 0 Å². The van der Waals surface area contributed by atoms with Crippen LogP contribution in [-0.4, -0.2) is 4.98 Å². The number of hydrogen-bond donors (Lipinski definition) is 1. The van der Waals surface area contributed by atoms with Gasteiger partial charge in [0.1, 0.15) is 11.0 Å². The van der Waals surface area contributed by atoms with Gasteiger partial charge >= 0.3 is 0 Å². The van der Waals surface area contributed by atoms with Gasteiger partial charge in [-0.1, -0.05) is 69.3 Å². The largest absolute Gasteiger partial charge is 0.360 e. The highest BCUT2D eigenvalue weighted by Gasteiger charge is 2.30. The molecule has 0 saturated heterocycles. The Morgan fingerprint density at radius 2 is 1.68 bits per heavy atom. The second-order valence-corrected chi connectivity index (χ2v) is 11.5. The van der Waals surface area contributed by atoms with Crippen LogP contribution in [0.4, 0.5) is 11.4 Å². The molecular weight excluding hydrogens is 434 g/mol. The molecule has 0 spiro atoms. The quantitative estimate of drug-likeness (QED) is 0.291. The van der Waals surface area contributed by atoms with E-state index in [-0.39, 0.29) is 11.6 Å². The fourth-order valence-corrected chi connectivity index (χ4v) is 6.03. The van der Waals surface area contributed by atoms with E-state index in [1.807, 2.05) is 0 Å². The van der Waals surface area contributed by atoms with E-state index < -0.39 is 0 Å². The van der Waals surface area contributed by atoms with E-state index in [4.69, 9.17) is 4.98 Å². The first-order valence-corrected chi connectivity index (χ1v) is 12.7. The van der Waals surface area contributed by atoms with Gasteiger partial charge in [0.05, 0.1) is 11.4 Å². The zero-order valence-corrected chi connectivity index (χ0v) is 20.7. The van der Waals surface area contributed by atoms with Crippen molar-refractivity contribution in [2.75, 3.05) is 10.2 Å². The number of rotatable bonds is 4. The lowest BCUT2D eigenvalue weighted by atomic mass is 9.90. The van der Waals surface area contributed by atoms with Gasteiger partial charge in [0.2, 0.25) is 0 Å². The predicted octanol–water partition coefficient (Wildman–Crippen LogP) is 8.17. The van der Waals surface area contributed by atoms with Crippen LogP contribution in [0.1, 0.15) is 43.8 Å². The number of para-hydroxylation sites is 2. The first-order chi connectivity index (χ1) is 16.4. The van der Waals surface area contributed by atoms with Crippen LogP contribution in [0, 0.1) is 5.41 Å². The molecule has 0 aliphatic carbocycles. The topological polar surface area (TPSA) is 28.2 Å². The third-order valence-electron chi connectivity index (χ3n) is 6.46. The number of aromatic nitrogens is 1. The molecule has 170 valence electrons. The normalized spacial score (nSPS) is 15.6. The van der Waals surface area contributed by atoms with Gasteiger partial charge < -0.3 is 10.2 Å². The summed E-state index contributed by atoms with van der Waals surface area (Å²) in [6.07, 6.45) is 1.08. The minimum absolute atomic E-state index is 0.0880. The lowest BCUT2D eigenvalue weighted by Gasteiger charge is -2.27. The molecule has 0 saturated carbocycles. The first-order valence-electron chi connectivity index (χ1n) is 11.9. The van der Waals surface area contributed by atoms with Crippen molar-refractivity contribution in [2.45, 2.75) is 39.9 Å². The summed E-state index contributed by atoms with van der Waals surface area (Å²) < 4.78 is 1.30. The Morgan fingerprint density at radius 3 is 2.50 bits per heavy atom. The monoisotopic (exact) mass is 463 g/mol. The SMILES string of the molecule is CC(C)(C)Cc1ccc2c(n1)sc1ccc(C3Nc4ccccc4N3Cc3ccccc3)cc12. The number of benzene rings is 3. The number of hydrogen-bond acceptors (Lipinski definition) is 4. The Hall–Kier alpha value is -3.37. The molecule has 2 aromatic heterocycles. The Bertz CT molecular complexity index is 1480. The second-order valence-electron chi connectivity index (χ2n) is 10.4. The maximum absolute atomic E-state index is 5.02. The van der Waals surface area contributed by atoms with Crippen LogP contribution in [-0.2, 0) is 13.0 Å². The van der Waals surface area contributed by atoms with Gasteiger partial charge in [0.25, 0.3) is 0 Å². The molecule has 0 fully saturated rings. The average Bonchev–Trinajstić information content (AvgIpc) is 3.36. The van der Waals surface area contributed by atoms with Crippen LogP contribution in [0.25, 0.3) is 20.3 Å². The summed E-state index contributed by atoms with van der Waals surface area (Å²) in [6.45, 7) is 7.66. The average molecular weight is 464 g/mol. The highest BCUT2D eigenvalue weighted by molar-refractivity contribution is 7.25. The van der Waals surface area contributed by atoms with Crippen LogP contribution in [0.3, 0.4) is 0 Å². The van der Waals surface area contributed by atoms with Crippen molar-refractivity contribution in [3.8, 4) is 0 Å². The van der Waals surface area contributed by atoms with E-state index in [1.165, 1.54) is 43.7 Å². The number of pyridine rings is 1. The predicted molar refractivity (Wildman–Crippen MR) is 146 cm³/mol. The standard InChI is InChI=1S/C30H29N3S/c1-30(2,3)18-22-14-15-23-24-17-21(13-16-27(24)34-29(23)31-22)28-32-25-11-7-8-12-26(25)33(28)19-20-9-5-4-6-10-20/h4-17,28,32H,18-19H2,1-3H3. The van der Waals surface area contributed by atoms with Gasteiger partial charge in [-0.25, -0.2) is 4.98 Å². The molecule has 1 aliphatic heterocycles. The number of nitrogens with one attached hydrogen (secondary N) is 1. The summed E-state index contributed by atoms with van der Waals surface area (Å²) >= 11 is 1.80. The Balaban J connectivity index is 1.40. The number of thiophene rings is 1. The number of anilines is 2. The van der Waals surface area contributed by atoms with Crippen LogP contribution in [0.5, 0.6) is 0 Å². The van der Waals surface area contributed by atoms with Crippen LogP contribution in [0.2, 0.25) is 0 Å². The van der Waals surface area contributed by atoms with Crippen LogP contribution < -0.4 is 10.2 Å². The Labute approximate surface area is 205 Å². The summed E-state index contributed by atoms with van der Waals surface area (Å²) in [5, 5.41) is 6.32. The third-order valence-corrected chi connectivity index (χ3v) is 7.54. The third kappa shape index (κ3) is 3.92. The van der Waals surface area contributed by atoms with Gasteiger partial charge in [0, 0.05) is 27.7 Å². The highest BCUT2D eigenvalue weighted by atomic mass is 32.1. The van der Waals surface area contributed by atoms with Crippen molar-refractivity contribution in [3.05, 3.63) is 102 Å². The van der Waals surface area contributed by atoms with E-state index in [0.29, 0.717) is 0 Å². The fraction of sp³-hybridized carbons (Fsp3) is 0.233. The highest BCUT2D eigenvalue weighted by Crippen LogP contribution is 2.43. The van der Waals surface area contributed by atoms with Gasteiger partial charge in [0.15, 0.2) is 0 Å². The molecule has 0 bridgehead atoms. The molecule has 34 heavy (non-hydrogen) atoms. The van der Waals surface area contributed by atoms with E-state index in [1.54, 1.807) is 11.3 Å². The molecule has 3 heterocycles. The molecule has 4 heteroatoms. The van der Waals surface area contributed by atoms with Gasteiger partial charge in [-0.15, -0.1) is 11.3 Å².